The van der Waals surface area contributed by atoms with Gasteiger partial charge in [0, 0.05) is 43.2 Å². The lowest BCUT2D eigenvalue weighted by atomic mass is 10.1. The fraction of sp³-hybridized carbons (Fsp3) is 0.571. The number of nitro groups is 1. The van der Waals surface area contributed by atoms with Crippen LogP contribution >= 0.6 is 11.8 Å². The highest BCUT2D eigenvalue weighted by atomic mass is 32.2. The lowest BCUT2D eigenvalue weighted by molar-refractivity contribution is -0.384. The van der Waals surface area contributed by atoms with Crippen LogP contribution < -0.4 is 5.32 Å². The minimum atomic E-state index is -0.327. The predicted octanol–water partition coefficient (Wildman–Crippen LogP) is 2.96. The van der Waals surface area contributed by atoms with Crippen molar-refractivity contribution in [2.24, 2.45) is 0 Å². The largest absolute Gasteiger partial charge is 0.383 e. The Morgan fingerprint density at radius 3 is 2.60 bits per heavy atom. The van der Waals surface area contributed by atoms with Crippen molar-refractivity contribution in [1.29, 1.82) is 0 Å². The summed E-state index contributed by atoms with van der Waals surface area (Å²) in [7, 11) is 1.70. The monoisotopic (exact) mass is 295 g/mol. The van der Waals surface area contributed by atoms with Gasteiger partial charge in [-0.15, -0.1) is 0 Å². The van der Waals surface area contributed by atoms with E-state index in [9.17, 15) is 10.1 Å². The third kappa shape index (κ3) is 3.64. The molecule has 0 bridgehead atoms. The van der Waals surface area contributed by atoms with Gasteiger partial charge in [-0.1, -0.05) is 19.9 Å². The highest BCUT2D eigenvalue weighted by Crippen LogP contribution is 2.28. The van der Waals surface area contributed by atoms with Gasteiger partial charge in [0.25, 0.3) is 5.69 Å². The van der Waals surface area contributed by atoms with Crippen LogP contribution in [0.3, 0.4) is 0 Å². The molecule has 2 atom stereocenters. The van der Waals surface area contributed by atoms with Crippen LogP contribution in [0.5, 0.6) is 0 Å². The molecule has 20 heavy (non-hydrogen) atoms. The van der Waals surface area contributed by atoms with E-state index in [1.807, 2.05) is 17.8 Å². The molecule has 1 aliphatic rings. The van der Waals surface area contributed by atoms with E-state index in [-0.39, 0.29) is 10.6 Å². The molecule has 0 radical (unpaired) electrons. The zero-order valence-corrected chi connectivity index (χ0v) is 12.9. The molecule has 110 valence electrons. The van der Waals surface area contributed by atoms with Crippen molar-refractivity contribution in [3.8, 4) is 0 Å². The minimum absolute atomic E-state index is 0.150. The summed E-state index contributed by atoms with van der Waals surface area (Å²) in [4.78, 5) is 13.1. The van der Waals surface area contributed by atoms with Crippen molar-refractivity contribution in [3.63, 3.8) is 0 Å². The zero-order valence-electron chi connectivity index (χ0n) is 12.1. The van der Waals surface area contributed by atoms with Gasteiger partial charge in [-0.25, -0.2) is 0 Å². The van der Waals surface area contributed by atoms with Crippen LogP contribution in [0, 0.1) is 10.1 Å². The summed E-state index contributed by atoms with van der Waals surface area (Å²) in [5, 5.41) is 15.2. The number of rotatable bonds is 4. The first-order chi connectivity index (χ1) is 9.49. The van der Waals surface area contributed by atoms with Gasteiger partial charge in [-0.2, -0.15) is 11.8 Å². The predicted molar refractivity (Wildman–Crippen MR) is 84.4 cm³/mol. The molecule has 0 aromatic heterocycles. The van der Waals surface area contributed by atoms with Crippen molar-refractivity contribution < 1.29 is 4.92 Å². The number of benzene rings is 1. The summed E-state index contributed by atoms with van der Waals surface area (Å²) in [6.07, 6.45) is 0. The molecule has 5 nitrogen and oxygen atoms in total. The van der Waals surface area contributed by atoms with Crippen LogP contribution in [0.15, 0.2) is 18.2 Å². The molecule has 1 heterocycles. The molecule has 0 amide bonds. The summed E-state index contributed by atoms with van der Waals surface area (Å²) in [6, 6.07) is 5.44. The summed E-state index contributed by atoms with van der Waals surface area (Å²) in [5.41, 5.74) is 1.72. The van der Waals surface area contributed by atoms with Gasteiger partial charge >= 0.3 is 0 Å². The van der Waals surface area contributed by atoms with Crippen LogP contribution in [0.4, 0.5) is 11.4 Å². The van der Waals surface area contributed by atoms with Crippen LogP contribution in [-0.2, 0) is 6.54 Å². The van der Waals surface area contributed by atoms with E-state index in [1.165, 1.54) is 0 Å². The maximum Gasteiger partial charge on any atom is 0.292 e. The van der Waals surface area contributed by atoms with Crippen molar-refractivity contribution >= 4 is 23.1 Å². The number of hydrogen-bond donors (Lipinski definition) is 1. The summed E-state index contributed by atoms with van der Waals surface area (Å²) in [5.74, 6) is 0. The lowest BCUT2D eigenvalue weighted by Crippen LogP contribution is -2.39. The van der Waals surface area contributed by atoms with Crippen molar-refractivity contribution in [3.05, 3.63) is 33.9 Å². The fourth-order valence-electron chi connectivity index (χ4n) is 2.71. The molecular formula is C14H21N3O2S. The second kappa shape index (κ2) is 6.45. The van der Waals surface area contributed by atoms with Gasteiger partial charge in [0.2, 0.25) is 0 Å². The van der Waals surface area contributed by atoms with Crippen molar-refractivity contribution in [1.82, 2.24) is 4.90 Å². The Balaban J connectivity index is 2.13. The molecule has 6 heteroatoms. The maximum atomic E-state index is 11.1. The van der Waals surface area contributed by atoms with Crippen LogP contribution in [-0.4, -0.2) is 40.5 Å². The van der Waals surface area contributed by atoms with Gasteiger partial charge in [0.15, 0.2) is 0 Å². The molecule has 1 aromatic carbocycles. The molecule has 0 aliphatic carbocycles. The Hall–Kier alpha value is -1.27. The molecule has 1 saturated heterocycles. The molecular weight excluding hydrogens is 274 g/mol. The number of anilines is 1. The lowest BCUT2D eigenvalue weighted by Gasteiger charge is -2.34. The average molecular weight is 295 g/mol. The van der Waals surface area contributed by atoms with Crippen molar-refractivity contribution in [2.75, 3.05) is 25.5 Å². The van der Waals surface area contributed by atoms with E-state index < -0.39 is 0 Å². The Kier molecular flexibility index (Phi) is 4.88. The Bertz CT molecular complexity index is 485. The Labute approximate surface area is 123 Å². The van der Waals surface area contributed by atoms with E-state index in [0.717, 1.165) is 25.2 Å². The third-order valence-corrected chi connectivity index (χ3v) is 4.66. The third-order valence-electron chi connectivity index (χ3n) is 3.43. The number of nitrogens with one attached hydrogen (secondary N) is 1. The van der Waals surface area contributed by atoms with Crippen LogP contribution in [0.25, 0.3) is 0 Å². The summed E-state index contributed by atoms with van der Waals surface area (Å²) < 4.78 is 0. The Morgan fingerprint density at radius 2 is 2.05 bits per heavy atom. The minimum Gasteiger partial charge on any atom is -0.383 e. The molecule has 1 aliphatic heterocycles. The topological polar surface area (TPSA) is 58.4 Å². The van der Waals surface area contributed by atoms with Gasteiger partial charge in [-0.3, -0.25) is 15.0 Å². The molecule has 2 rings (SSSR count). The molecule has 1 N–H and O–H groups in total. The second-order valence-corrected chi connectivity index (χ2v) is 7.19. The first kappa shape index (κ1) is 15.1. The molecule has 0 saturated carbocycles. The van der Waals surface area contributed by atoms with Gasteiger partial charge in [0.05, 0.1) is 4.92 Å². The molecule has 2 unspecified atom stereocenters. The smallest absolute Gasteiger partial charge is 0.292 e. The first-order valence-electron chi connectivity index (χ1n) is 6.82. The quantitative estimate of drug-likeness (QED) is 0.683. The van der Waals surface area contributed by atoms with Gasteiger partial charge in [0.1, 0.15) is 5.69 Å². The fourth-order valence-corrected chi connectivity index (χ4v) is 4.10. The van der Waals surface area contributed by atoms with Gasteiger partial charge in [-0.05, 0) is 11.6 Å². The maximum absolute atomic E-state index is 11.1. The van der Waals surface area contributed by atoms with E-state index in [4.69, 9.17) is 0 Å². The summed E-state index contributed by atoms with van der Waals surface area (Å²) >= 11 is 2.01. The highest BCUT2D eigenvalue weighted by Gasteiger charge is 2.23. The van der Waals surface area contributed by atoms with E-state index in [0.29, 0.717) is 16.2 Å². The SMILES string of the molecule is CNc1ccc(CN2CC(C)SC(C)C2)cc1[N+](=O)[O-]. The highest BCUT2D eigenvalue weighted by molar-refractivity contribution is 8.00. The standard InChI is InChI=1S/C14H21N3O2S/c1-10-7-16(8-11(2)20-10)9-12-4-5-13(15-3)14(6-12)17(18)19/h4-6,10-11,15H,7-9H2,1-3H3. The van der Waals surface area contributed by atoms with E-state index in [2.05, 4.69) is 24.1 Å². The number of hydrogen-bond acceptors (Lipinski definition) is 5. The molecule has 0 spiro atoms. The Morgan fingerprint density at radius 1 is 1.40 bits per heavy atom. The second-order valence-electron chi connectivity index (χ2n) is 5.31. The van der Waals surface area contributed by atoms with Crippen molar-refractivity contribution in [2.45, 2.75) is 30.9 Å². The average Bonchev–Trinajstić information content (AvgIpc) is 2.37. The zero-order chi connectivity index (χ0) is 14.7. The van der Waals surface area contributed by atoms with Gasteiger partial charge < -0.3 is 5.32 Å². The summed E-state index contributed by atoms with van der Waals surface area (Å²) in [6.45, 7) is 7.33. The number of thioether (sulfide) groups is 1. The van der Waals surface area contributed by atoms with E-state index in [1.54, 1.807) is 19.2 Å². The van der Waals surface area contributed by atoms with Crippen LogP contribution in [0.2, 0.25) is 0 Å². The number of nitro benzene ring substituents is 1. The molecule has 1 aromatic rings. The number of nitrogens with zero attached hydrogens (tertiary/aromatic N) is 2. The normalized spacial score (nSPS) is 23.6. The molecule has 1 fully saturated rings. The van der Waals surface area contributed by atoms with Crippen LogP contribution in [0.1, 0.15) is 19.4 Å². The first-order valence-corrected chi connectivity index (χ1v) is 7.76. The van der Waals surface area contributed by atoms with E-state index >= 15 is 0 Å².